The van der Waals surface area contributed by atoms with Gasteiger partial charge in [0.25, 0.3) is 0 Å². The van der Waals surface area contributed by atoms with Gasteiger partial charge < -0.3 is 14.8 Å². The minimum absolute atomic E-state index is 0.181. The van der Waals surface area contributed by atoms with Gasteiger partial charge in [0.05, 0.1) is 20.3 Å². The first-order valence-electron chi connectivity index (χ1n) is 5.57. The maximum absolute atomic E-state index is 11.3. The number of carbonyl (C=O) groups excluding carboxylic acids is 1. The summed E-state index contributed by atoms with van der Waals surface area (Å²) in [6.07, 6.45) is 0.330. The third-order valence-electron chi connectivity index (χ3n) is 2.51. The van der Waals surface area contributed by atoms with Gasteiger partial charge in [-0.15, -0.1) is 0 Å². The second-order valence-corrected chi connectivity index (χ2v) is 3.59. The lowest BCUT2D eigenvalue weighted by Gasteiger charge is -2.15. The van der Waals surface area contributed by atoms with Gasteiger partial charge in [-0.05, 0) is 12.1 Å². The summed E-state index contributed by atoms with van der Waals surface area (Å²) in [6.45, 7) is 1.73. The molecule has 1 N–H and O–H groups in total. The lowest BCUT2D eigenvalue weighted by molar-refractivity contribution is -0.121. The SMILES string of the molecule is CCC(=O)NC(C#N)c1ccc(OC)cc1OC. The van der Waals surface area contributed by atoms with Crippen molar-refractivity contribution in [1.82, 2.24) is 5.32 Å². The van der Waals surface area contributed by atoms with E-state index >= 15 is 0 Å². The van der Waals surface area contributed by atoms with Crippen molar-refractivity contribution >= 4 is 5.91 Å². The maximum Gasteiger partial charge on any atom is 0.221 e. The molecule has 0 saturated heterocycles. The topological polar surface area (TPSA) is 71.4 Å². The van der Waals surface area contributed by atoms with E-state index < -0.39 is 6.04 Å². The van der Waals surface area contributed by atoms with Crippen LogP contribution >= 0.6 is 0 Å². The summed E-state index contributed by atoms with van der Waals surface area (Å²) in [7, 11) is 3.06. The first-order chi connectivity index (χ1) is 8.65. The van der Waals surface area contributed by atoms with E-state index in [1.165, 1.54) is 7.11 Å². The fourth-order valence-corrected chi connectivity index (χ4v) is 1.50. The number of rotatable bonds is 5. The van der Waals surface area contributed by atoms with Crippen LogP contribution < -0.4 is 14.8 Å². The summed E-state index contributed by atoms with van der Waals surface area (Å²) >= 11 is 0. The van der Waals surface area contributed by atoms with Gasteiger partial charge >= 0.3 is 0 Å². The monoisotopic (exact) mass is 248 g/mol. The second-order valence-electron chi connectivity index (χ2n) is 3.59. The van der Waals surface area contributed by atoms with E-state index in [0.717, 1.165) is 0 Å². The highest BCUT2D eigenvalue weighted by Crippen LogP contribution is 2.29. The largest absolute Gasteiger partial charge is 0.497 e. The van der Waals surface area contributed by atoms with Gasteiger partial charge in [-0.1, -0.05) is 6.92 Å². The molecule has 1 atom stereocenters. The van der Waals surface area contributed by atoms with E-state index in [-0.39, 0.29) is 5.91 Å². The Morgan fingerprint density at radius 3 is 2.67 bits per heavy atom. The van der Waals surface area contributed by atoms with Gasteiger partial charge in [-0.2, -0.15) is 5.26 Å². The van der Waals surface area contributed by atoms with Crippen LogP contribution in [0.15, 0.2) is 18.2 Å². The average Bonchev–Trinajstić information content (AvgIpc) is 2.43. The molecule has 1 rings (SSSR count). The molecule has 0 aliphatic rings. The van der Waals surface area contributed by atoms with E-state index in [9.17, 15) is 4.79 Å². The van der Waals surface area contributed by atoms with Crippen molar-refractivity contribution < 1.29 is 14.3 Å². The molecule has 5 nitrogen and oxygen atoms in total. The minimum Gasteiger partial charge on any atom is -0.497 e. The molecule has 1 amide bonds. The van der Waals surface area contributed by atoms with Crippen LogP contribution in [0.2, 0.25) is 0 Å². The number of nitrogens with one attached hydrogen (secondary N) is 1. The maximum atomic E-state index is 11.3. The van der Waals surface area contributed by atoms with Gasteiger partial charge in [-0.3, -0.25) is 4.79 Å². The molecule has 1 aromatic carbocycles. The molecule has 0 saturated carbocycles. The first-order valence-corrected chi connectivity index (χ1v) is 5.57. The molecule has 5 heteroatoms. The van der Waals surface area contributed by atoms with Crippen molar-refractivity contribution in [2.45, 2.75) is 19.4 Å². The van der Waals surface area contributed by atoms with Crippen LogP contribution in [0.3, 0.4) is 0 Å². The van der Waals surface area contributed by atoms with E-state index in [0.29, 0.717) is 23.5 Å². The zero-order valence-electron chi connectivity index (χ0n) is 10.7. The molecular formula is C13H16N2O3. The summed E-state index contributed by atoms with van der Waals surface area (Å²) in [5, 5.41) is 11.7. The van der Waals surface area contributed by atoms with Crippen LogP contribution in [0.4, 0.5) is 0 Å². The number of ether oxygens (including phenoxy) is 2. The van der Waals surface area contributed by atoms with Crippen molar-refractivity contribution in [1.29, 1.82) is 5.26 Å². The molecule has 0 fully saturated rings. The molecule has 96 valence electrons. The Bertz CT molecular complexity index is 466. The summed E-state index contributed by atoms with van der Waals surface area (Å²) in [6, 6.07) is 6.43. The predicted octanol–water partition coefficient (Wildman–Crippen LogP) is 1.79. The predicted molar refractivity (Wildman–Crippen MR) is 66.3 cm³/mol. The van der Waals surface area contributed by atoms with Crippen LogP contribution in [0.1, 0.15) is 24.9 Å². The number of hydrogen-bond donors (Lipinski definition) is 1. The quantitative estimate of drug-likeness (QED) is 0.862. The molecular weight excluding hydrogens is 232 g/mol. The molecule has 0 aromatic heterocycles. The molecule has 0 aliphatic carbocycles. The molecule has 0 aliphatic heterocycles. The number of hydrogen-bond acceptors (Lipinski definition) is 4. The Morgan fingerprint density at radius 1 is 1.44 bits per heavy atom. The number of benzene rings is 1. The summed E-state index contributed by atoms with van der Waals surface area (Å²) in [4.78, 5) is 11.3. The van der Waals surface area contributed by atoms with E-state index in [2.05, 4.69) is 5.32 Å². The molecule has 0 bridgehead atoms. The van der Waals surface area contributed by atoms with Gasteiger partial charge in [-0.25, -0.2) is 0 Å². The van der Waals surface area contributed by atoms with Crippen LogP contribution in [-0.2, 0) is 4.79 Å². The van der Waals surface area contributed by atoms with Crippen LogP contribution in [0, 0.1) is 11.3 Å². The number of carbonyl (C=O) groups is 1. The highest BCUT2D eigenvalue weighted by Gasteiger charge is 2.17. The van der Waals surface area contributed by atoms with E-state index in [4.69, 9.17) is 14.7 Å². The standard InChI is InChI=1S/C13H16N2O3/c1-4-13(16)15-11(8-14)10-6-5-9(17-2)7-12(10)18-3/h5-7,11H,4H2,1-3H3,(H,15,16). The zero-order chi connectivity index (χ0) is 13.5. The number of nitrogens with zero attached hydrogens (tertiary/aromatic N) is 1. The first kappa shape index (κ1) is 13.8. The Hall–Kier alpha value is -2.22. The lowest BCUT2D eigenvalue weighted by Crippen LogP contribution is -2.27. The van der Waals surface area contributed by atoms with Gasteiger partial charge in [0.2, 0.25) is 5.91 Å². The smallest absolute Gasteiger partial charge is 0.221 e. The normalized spacial score (nSPS) is 11.2. The Balaban J connectivity index is 3.06. The number of methoxy groups -OCH3 is 2. The van der Waals surface area contributed by atoms with E-state index in [1.807, 2.05) is 6.07 Å². The zero-order valence-corrected chi connectivity index (χ0v) is 10.7. The molecule has 0 radical (unpaired) electrons. The van der Waals surface area contributed by atoms with Gasteiger partial charge in [0, 0.05) is 18.1 Å². The molecule has 0 spiro atoms. The average molecular weight is 248 g/mol. The van der Waals surface area contributed by atoms with Crippen molar-refractivity contribution in [3.8, 4) is 17.6 Å². The number of nitriles is 1. The highest BCUT2D eigenvalue weighted by atomic mass is 16.5. The summed E-state index contributed by atoms with van der Waals surface area (Å²) < 4.78 is 10.3. The lowest BCUT2D eigenvalue weighted by atomic mass is 10.1. The number of amides is 1. The fraction of sp³-hybridized carbons (Fsp3) is 0.385. The summed E-state index contributed by atoms with van der Waals surface area (Å²) in [5.41, 5.74) is 0.614. The second kappa shape index (κ2) is 6.50. The third kappa shape index (κ3) is 3.14. The van der Waals surface area contributed by atoms with Gasteiger partial charge in [0.1, 0.15) is 17.5 Å². The Morgan fingerprint density at radius 2 is 2.17 bits per heavy atom. The van der Waals surface area contributed by atoms with Crippen molar-refractivity contribution in [3.05, 3.63) is 23.8 Å². The summed E-state index contributed by atoms with van der Waals surface area (Å²) in [5.74, 6) is 0.964. The van der Waals surface area contributed by atoms with Crippen LogP contribution in [0.25, 0.3) is 0 Å². The van der Waals surface area contributed by atoms with Crippen LogP contribution in [0.5, 0.6) is 11.5 Å². The van der Waals surface area contributed by atoms with Crippen molar-refractivity contribution in [3.63, 3.8) is 0 Å². The molecule has 0 heterocycles. The highest BCUT2D eigenvalue weighted by molar-refractivity contribution is 5.76. The molecule has 18 heavy (non-hydrogen) atoms. The third-order valence-corrected chi connectivity index (χ3v) is 2.51. The van der Waals surface area contributed by atoms with Crippen molar-refractivity contribution in [2.24, 2.45) is 0 Å². The van der Waals surface area contributed by atoms with E-state index in [1.54, 1.807) is 32.2 Å². The minimum atomic E-state index is -0.724. The Labute approximate surface area is 106 Å². The van der Waals surface area contributed by atoms with Gasteiger partial charge in [0.15, 0.2) is 0 Å². The fourth-order valence-electron chi connectivity index (χ4n) is 1.50. The molecule has 1 unspecified atom stereocenters. The van der Waals surface area contributed by atoms with Crippen molar-refractivity contribution in [2.75, 3.05) is 14.2 Å². The van der Waals surface area contributed by atoms with Crippen LogP contribution in [-0.4, -0.2) is 20.1 Å². The Kier molecular flexibility index (Phi) is 5.00. The molecule has 1 aromatic rings.